The van der Waals surface area contributed by atoms with Crippen molar-refractivity contribution in [1.29, 1.82) is 0 Å². The second kappa shape index (κ2) is 10.3. The number of carbonyl (C=O) groups is 2. The number of H-pyrrole nitrogens is 1. The van der Waals surface area contributed by atoms with Crippen LogP contribution in [0.4, 0.5) is 0 Å². The lowest BCUT2D eigenvalue weighted by atomic mass is 9.95. The molecule has 0 aliphatic carbocycles. The largest absolute Gasteiger partial charge is 0.342 e. The number of nitrogens with zero attached hydrogens (tertiary/aromatic N) is 3. The minimum atomic E-state index is -0.377. The quantitative estimate of drug-likeness (QED) is 0.330. The molecule has 0 saturated carbocycles. The minimum absolute atomic E-state index is 0.0430. The molecule has 0 spiro atoms. The van der Waals surface area contributed by atoms with Crippen LogP contribution in [-0.4, -0.2) is 38.2 Å². The second-order valence-corrected chi connectivity index (χ2v) is 9.81. The zero-order valence-corrected chi connectivity index (χ0v) is 21.2. The summed E-state index contributed by atoms with van der Waals surface area (Å²) in [6.07, 6.45) is 6.40. The van der Waals surface area contributed by atoms with Crippen molar-refractivity contribution in [2.75, 3.05) is 6.54 Å². The molecular formula is C27H25Cl2N5O2. The predicted molar refractivity (Wildman–Crippen MR) is 140 cm³/mol. The van der Waals surface area contributed by atoms with Crippen LogP contribution in [0.1, 0.15) is 70.4 Å². The van der Waals surface area contributed by atoms with Gasteiger partial charge in [-0.25, -0.2) is 4.98 Å². The molecule has 2 aromatic heterocycles. The van der Waals surface area contributed by atoms with Gasteiger partial charge >= 0.3 is 0 Å². The molecule has 36 heavy (non-hydrogen) atoms. The fraction of sp³-hybridized carbons (Fsp3) is 0.259. The van der Waals surface area contributed by atoms with Crippen LogP contribution < -0.4 is 5.32 Å². The van der Waals surface area contributed by atoms with Crippen molar-refractivity contribution in [2.24, 2.45) is 0 Å². The van der Waals surface area contributed by atoms with E-state index in [-0.39, 0.29) is 28.9 Å². The van der Waals surface area contributed by atoms with Crippen LogP contribution in [0.3, 0.4) is 0 Å². The third-order valence-corrected chi connectivity index (χ3v) is 7.06. The summed E-state index contributed by atoms with van der Waals surface area (Å²) in [4.78, 5) is 40.2. The Hall–Kier alpha value is -3.42. The summed E-state index contributed by atoms with van der Waals surface area (Å²) in [6.45, 7) is 2.49. The van der Waals surface area contributed by atoms with Gasteiger partial charge in [-0.3, -0.25) is 14.6 Å². The number of carbonyl (C=O) groups excluding carboxylic acids is 2. The summed E-state index contributed by atoms with van der Waals surface area (Å²) in [7, 11) is 0. The van der Waals surface area contributed by atoms with E-state index in [9.17, 15) is 9.59 Å². The highest BCUT2D eigenvalue weighted by atomic mass is 35.5. The lowest BCUT2D eigenvalue weighted by Crippen LogP contribution is -2.38. The molecule has 5 rings (SSSR count). The first-order valence-corrected chi connectivity index (χ1v) is 12.6. The molecule has 1 fully saturated rings. The summed E-state index contributed by atoms with van der Waals surface area (Å²) < 4.78 is 0. The number of likely N-dealkylation sites (tertiary alicyclic amines) is 1. The molecule has 0 bridgehead atoms. The van der Waals surface area contributed by atoms with Gasteiger partial charge in [0.15, 0.2) is 0 Å². The van der Waals surface area contributed by atoms with Crippen molar-refractivity contribution in [1.82, 2.24) is 25.2 Å². The van der Waals surface area contributed by atoms with Crippen LogP contribution in [0.2, 0.25) is 10.0 Å². The van der Waals surface area contributed by atoms with E-state index in [0.29, 0.717) is 28.5 Å². The Morgan fingerprint density at radius 1 is 1.14 bits per heavy atom. The zero-order chi connectivity index (χ0) is 25.2. The van der Waals surface area contributed by atoms with Gasteiger partial charge < -0.3 is 15.2 Å². The standard InChI is InChI=1S/C27H25Cl2N5O2/c1-16(25-32-22-10-8-19(28)14-23(22)33-25)31-26(35)17-7-9-20(21(29)13-17)27(36)34-12-3-2-6-24(34)18-5-4-11-30-15-18/h4-5,7-11,13-16,24H,2-3,6,12H2,1H3,(H,31,35)(H,32,33). The fourth-order valence-electron chi connectivity index (χ4n) is 4.63. The number of rotatable bonds is 5. The van der Waals surface area contributed by atoms with Crippen LogP contribution in [0.5, 0.6) is 0 Å². The molecule has 0 radical (unpaired) electrons. The molecule has 2 aromatic carbocycles. The van der Waals surface area contributed by atoms with Gasteiger partial charge in [0, 0.05) is 29.5 Å². The predicted octanol–water partition coefficient (Wildman–Crippen LogP) is 6.12. The van der Waals surface area contributed by atoms with Crippen molar-refractivity contribution in [3.63, 3.8) is 0 Å². The van der Waals surface area contributed by atoms with Crippen LogP contribution in [0.25, 0.3) is 11.0 Å². The molecular weight excluding hydrogens is 497 g/mol. The van der Waals surface area contributed by atoms with E-state index in [4.69, 9.17) is 23.2 Å². The van der Waals surface area contributed by atoms with E-state index < -0.39 is 0 Å². The number of piperidine rings is 1. The van der Waals surface area contributed by atoms with Crippen LogP contribution in [0.15, 0.2) is 60.9 Å². The number of fused-ring (bicyclic) bond motifs is 1. The van der Waals surface area contributed by atoms with E-state index >= 15 is 0 Å². The van der Waals surface area contributed by atoms with Crippen molar-refractivity contribution >= 4 is 46.0 Å². The van der Waals surface area contributed by atoms with E-state index in [2.05, 4.69) is 20.3 Å². The van der Waals surface area contributed by atoms with Crippen molar-refractivity contribution in [3.05, 3.63) is 93.5 Å². The Bertz CT molecular complexity index is 1420. The van der Waals surface area contributed by atoms with Gasteiger partial charge in [0.05, 0.1) is 33.7 Å². The first-order chi connectivity index (χ1) is 17.4. The number of hydrogen-bond acceptors (Lipinski definition) is 4. The number of nitrogens with one attached hydrogen (secondary N) is 2. The maximum atomic E-state index is 13.5. The van der Waals surface area contributed by atoms with Crippen molar-refractivity contribution < 1.29 is 9.59 Å². The topological polar surface area (TPSA) is 91.0 Å². The number of amides is 2. The fourth-order valence-corrected chi connectivity index (χ4v) is 5.07. The first kappa shape index (κ1) is 24.3. The molecule has 184 valence electrons. The lowest BCUT2D eigenvalue weighted by molar-refractivity contribution is 0.0611. The number of benzene rings is 2. The van der Waals surface area contributed by atoms with Gasteiger partial charge in [-0.2, -0.15) is 0 Å². The van der Waals surface area contributed by atoms with Crippen molar-refractivity contribution in [3.8, 4) is 0 Å². The third kappa shape index (κ3) is 4.94. The van der Waals surface area contributed by atoms with Crippen LogP contribution in [-0.2, 0) is 0 Å². The Balaban J connectivity index is 1.31. The smallest absolute Gasteiger partial charge is 0.255 e. The number of aromatic nitrogens is 3. The third-order valence-electron chi connectivity index (χ3n) is 6.51. The van der Waals surface area contributed by atoms with E-state index in [1.54, 1.807) is 30.5 Å². The number of aromatic amines is 1. The van der Waals surface area contributed by atoms with Gasteiger partial charge in [-0.1, -0.05) is 29.3 Å². The maximum Gasteiger partial charge on any atom is 0.255 e. The normalized spacial score (nSPS) is 16.6. The van der Waals surface area contributed by atoms with E-state index in [1.807, 2.05) is 36.2 Å². The number of halogens is 2. The monoisotopic (exact) mass is 521 g/mol. The molecule has 1 aliphatic rings. The molecule has 3 heterocycles. The Labute approximate surface area is 218 Å². The average Bonchev–Trinajstić information content (AvgIpc) is 3.32. The average molecular weight is 522 g/mol. The molecule has 4 aromatic rings. The number of imidazole rings is 1. The highest BCUT2D eigenvalue weighted by molar-refractivity contribution is 6.34. The Morgan fingerprint density at radius 3 is 2.78 bits per heavy atom. The van der Waals surface area contributed by atoms with Crippen molar-refractivity contribution in [2.45, 2.75) is 38.3 Å². The number of pyridine rings is 1. The summed E-state index contributed by atoms with van der Waals surface area (Å²) >= 11 is 12.6. The van der Waals surface area contributed by atoms with E-state index in [0.717, 1.165) is 35.9 Å². The summed E-state index contributed by atoms with van der Waals surface area (Å²) in [5, 5.41) is 3.78. The molecule has 9 heteroatoms. The summed E-state index contributed by atoms with van der Waals surface area (Å²) in [6, 6.07) is 13.6. The zero-order valence-electron chi connectivity index (χ0n) is 19.7. The van der Waals surface area contributed by atoms with E-state index in [1.165, 1.54) is 6.07 Å². The first-order valence-electron chi connectivity index (χ1n) is 11.9. The van der Waals surface area contributed by atoms with Gasteiger partial charge in [-0.05, 0) is 74.2 Å². The summed E-state index contributed by atoms with van der Waals surface area (Å²) in [5.41, 5.74) is 3.33. The van der Waals surface area contributed by atoms with Gasteiger partial charge in [0.25, 0.3) is 11.8 Å². The maximum absolute atomic E-state index is 13.5. The molecule has 7 nitrogen and oxygen atoms in total. The highest BCUT2D eigenvalue weighted by Gasteiger charge is 2.30. The van der Waals surface area contributed by atoms with Crippen LogP contribution in [0, 0.1) is 0 Å². The molecule has 1 aliphatic heterocycles. The molecule has 2 N–H and O–H groups in total. The highest BCUT2D eigenvalue weighted by Crippen LogP contribution is 2.33. The Morgan fingerprint density at radius 2 is 2.00 bits per heavy atom. The molecule has 2 unspecified atom stereocenters. The van der Waals surface area contributed by atoms with Crippen LogP contribution >= 0.6 is 23.2 Å². The minimum Gasteiger partial charge on any atom is -0.342 e. The van der Waals surface area contributed by atoms with Gasteiger partial charge in [-0.15, -0.1) is 0 Å². The summed E-state index contributed by atoms with van der Waals surface area (Å²) in [5.74, 6) is 0.160. The Kier molecular flexibility index (Phi) is 6.94. The van der Waals surface area contributed by atoms with Gasteiger partial charge in [0.1, 0.15) is 5.82 Å². The number of hydrogen-bond donors (Lipinski definition) is 2. The lowest BCUT2D eigenvalue weighted by Gasteiger charge is -2.36. The SMILES string of the molecule is CC(NC(=O)c1ccc(C(=O)N2CCCCC2c2cccnc2)c(Cl)c1)c1nc2ccc(Cl)cc2[nH]1. The molecule has 1 saturated heterocycles. The van der Waals surface area contributed by atoms with Gasteiger partial charge in [0.2, 0.25) is 0 Å². The second-order valence-electron chi connectivity index (χ2n) is 8.97. The molecule has 2 atom stereocenters. The molecule has 2 amide bonds.